The van der Waals surface area contributed by atoms with Crippen LogP contribution in [0.3, 0.4) is 0 Å². The number of nitrogens with one attached hydrogen (secondary N) is 1. The normalized spacial score (nSPS) is 13.8. The highest BCUT2D eigenvalue weighted by Gasteiger charge is 2.26. The van der Waals surface area contributed by atoms with E-state index in [-0.39, 0.29) is 12.0 Å². The predicted octanol–water partition coefficient (Wildman–Crippen LogP) is 4.56. The molecule has 2 aromatic heterocycles. The van der Waals surface area contributed by atoms with E-state index >= 15 is 0 Å². The van der Waals surface area contributed by atoms with Crippen molar-refractivity contribution < 1.29 is 8.42 Å². The van der Waals surface area contributed by atoms with E-state index in [0.29, 0.717) is 4.90 Å². The number of hydrogen-bond acceptors (Lipinski definition) is 4. The molecule has 20 heavy (non-hydrogen) atoms. The zero-order valence-corrected chi connectivity index (χ0v) is 15.4. The monoisotopic (exact) mass is 393 g/mol. The summed E-state index contributed by atoms with van der Waals surface area (Å²) >= 11 is 6.34. The number of thiophene rings is 2. The number of halogens is 1. The molecule has 0 aliphatic carbocycles. The number of rotatable bonds is 5. The van der Waals surface area contributed by atoms with Crippen LogP contribution in [0.2, 0.25) is 0 Å². The Bertz CT molecular complexity index is 675. The molecule has 110 valence electrons. The van der Waals surface area contributed by atoms with Gasteiger partial charge in [0, 0.05) is 9.75 Å². The van der Waals surface area contributed by atoms with Crippen LogP contribution in [0.1, 0.15) is 29.6 Å². The molecule has 3 nitrogen and oxygen atoms in total. The molecule has 0 bridgehead atoms. The SMILES string of the molecule is Cc1sc(Br)cc1S(=O)(=O)NC(c1cccs1)C(C)C. The lowest BCUT2D eigenvalue weighted by molar-refractivity contribution is 0.469. The van der Waals surface area contributed by atoms with Gasteiger partial charge in [0.25, 0.3) is 0 Å². The van der Waals surface area contributed by atoms with Crippen LogP contribution >= 0.6 is 38.6 Å². The molecule has 0 radical (unpaired) electrons. The minimum atomic E-state index is -3.50. The van der Waals surface area contributed by atoms with Gasteiger partial charge in [0.2, 0.25) is 10.0 Å². The predicted molar refractivity (Wildman–Crippen MR) is 89.0 cm³/mol. The zero-order valence-electron chi connectivity index (χ0n) is 11.4. The Morgan fingerprint density at radius 3 is 2.50 bits per heavy atom. The summed E-state index contributed by atoms with van der Waals surface area (Å²) in [5.74, 6) is 0.186. The Morgan fingerprint density at radius 1 is 1.35 bits per heavy atom. The van der Waals surface area contributed by atoms with Crippen molar-refractivity contribution in [1.82, 2.24) is 4.72 Å². The lowest BCUT2D eigenvalue weighted by atomic mass is 10.0. The third-order valence-corrected chi connectivity index (χ3v) is 7.14. The summed E-state index contributed by atoms with van der Waals surface area (Å²) in [6.45, 7) is 5.85. The number of aryl methyl sites for hydroxylation is 1. The van der Waals surface area contributed by atoms with Gasteiger partial charge in [-0.2, -0.15) is 0 Å². The molecule has 0 aromatic carbocycles. The fraction of sp³-hybridized carbons (Fsp3) is 0.385. The number of hydrogen-bond donors (Lipinski definition) is 1. The molecule has 0 fully saturated rings. The third-order valence-electron chi connectivity index (χ3n) is 2.93. The molecular weight excluding hydrogens is 378 g/mol. The maximum Gasteiger partial charge on any atom is 0.242 e. The summed E-state index contributed by atoms with van der Waals surface area (Å²) in [5, 5.41) is 1.96. The van der Waals surface area contributed by atoms with Crippen molar-refractivity contribution in [3.05, 3.63) is 37.1 Å². The zero-order chi connectivity index (χ0) is 14.9. The molecule has 1 atom stereocenters. The van der Waals surface area contributed by atoms with Crippen molar-refractivity contribution in [2.24, 2.45) is 5.92 Å². The molecule has 1 unspecified atom stereocenters. The molecule has 7 heteroatoms. The largest absolute Gasteiger partial charge is 0.242 e. The second-order valence-corrected chi connectivity index (χ2v) is 10.1. The first kappa shape index (κ1) is 16.2. The molecule has 0 amide bonds. The van der Waals surface area contributed by atoms with Crippen LogP contribution in [0.4, 0.5) is 0 Å². The standard InChI is InChI=1S/C13H16BrNO2S3/c1-8(2)13(10-5-4-6-18-10)15-20(16,17)11-7-12(14)19-9(11)3/h4-8,13,15H,1-3H3. The van der Waals surface area contributed by atoms with Crippen LogP contribution in [0, 0.1) is 12.8 Å². The van der Waals surface area contributed by atoms with Gasteiger partial charge in [-0.25, -0.2) is 13.1 Å². The van der Waals surface area contributed by atoms with Gasteiger partial charge in [0.05, 0.1) is 14.7 Å². The number of sulfonamides is 1. The second kappa shape index (κ2) is 6.27. The fourth-order valence-electron chi connectivity index (χ4n) is 1.92. The van der Waals surface area contributed by atoms with Crippen LogP contribution in [0.15, 0.2) is 32.3 Å². The van der Waals surface area contributed by atoms with Gasteiger partial charge in [-0.15, -0.1) is 22.7 Å². The van der Waals surface area contributed by atoms with E-state index < -0.39 is 10.0 Å². The Kier molecular flexibility index (Phi) is 5.07. The highest BCUT2D eigenvalue weighted by molar-refractivity contribution is 9.11. The third kappa shape index (κ3) is 3.51. The van der Waals surface area contributed by atoms with Gasteiger partial charge in [0.1, 0.15) is 0 Å². The van der Waals surface area contributed by atoms with E-state index in [4.69, 9.17) is 0 Å². The molecule has 0 saturated carbocycles. The molecule has 0 spiro atoms. The van der Waals surface area contributed by atoms with Crippen molar-refractivity contribution in [1.29, 1.82) is 0 Å². The fourth-order valence-corrected chi connectivity index (χ4v) is 6.72. The lowest BCUT2D eigenvalue weighted by Gasteiger charge is -2.21. The van der Waals surface area contributed by atoms with Gasteiger partial charge in [-0.3, -0.25) is 0 Å². The maximum absolute atomic E-state index is 12.6. The summed E-state index contributed by atoms with van der Waals surface area (Å²) in [6.07, 6.45) is 0. The van der Waals surface area contributed by atoms with Gasteiger partial charge in [0.15, 0.2) is 0 Å². The van der Waals surface area contributed by atoms with Gasteiger partial charge in [-0.05, 0) is 46.3 Å². The minimum absolute atomic E-state index is 0.186. The van der Waals surface area contributed by atoms with Gasteiger partial charge in [-0.1, -0.05) is 19.9 Å². The average Bonchev–Trinajstić information content (AvgIpc) is 2.95. The van der Waals surface area contributed by atoms with Crippen molar-refractivity contribution in [3.8, 4) is 0 Å². The van der Waals surface area contributed by atoms with Crippen LogP contribution in [-0.2, 0) is 10.0 Å². The Labute approximate surface area is 136 Å². The van der Waals surface area contributed by atoms with E-state index in [1.165, 1.54) is 11.3 Å². The van der Waals surface area contributed by atoms with Gasteiger partial charge < -0.3 is 0 Å². The van der Waals surface area contributed by atoms with Crippen molar-refractivity contribution >= 4 is 48.6 Å². The molecular formula is C13H16BrNO2S3. The topological polar surface area (TPSA) is 46.2 Å². The highest BCUT2D eigenvalue weighted by atomic mass is 79.9. The molecule has 2 heterocycles. The molecule has 1 N–H and O–H groups in total. The van der Waals surface area contributed by atoms with E-state index in [2.05, 4.69) is 20.7 Å². The summed E-state index contributed by atoms with van der Waals surface area (Å²) in [4.78, 5) is 2.19. The van der Waals surface area contributed by atoms with Crippen molar-refractivity contribution in [2.45, 2.75) is 31.7 Å². The van der Waals surface area contributed by atoms with E-state index in [1.54, 1.807) is 17.4 Å². The molecule has 2 aromatic rings. The first-order chi connectivity index (χ1) is 9.31. The lowest BCUT2D eigenvalue weighted by Crippen LogP contribution is -2.31. The Balaban J connectivity index is 2.33. The van der Waals surface area contributed by atoms with Crippen LogP contribution < -0.4 is 4.72 Å². The van der Waals surface area contributed by atoms with E-state index in [0.717, 1.165) is 13.5 Å². The maximum atomic E-state index is 12.6. The second-order valence-electron chi connectivity index (χ2n) is 4.83. The average molecular weight is 394 g/mol. The summed E-state index contributed by atoms with van der Waals surface area (Å²) in [5.41, 5.74) is 0. The summed E-state index contributed by atoms with van der Waals surface area (Å²) in [7, 11) is -3.50. The minimum Gasteiger partial charge on any atom is -0.207 e. The smallest absolute Gasteiger partial charge is 0.207 e. The molecule has 0 saturated heterocycles. The summed E-state index contributed by atoms with van der Waals surface area (Å²) in [6, 6.07) is 5.37. The van der Waals surface area contributed by atoms with Crippen LogP contribution in [-0.4, -0.2) is 8.42 Å². The van der Waals surface area contributed by atoms with Crippen LogP contribution in [0.25, 0.3) is 0 Å². The first-order valence-electron chi connectivity index (χ1n) is 6.13. The molecule has 2 rings (SSSR count). The molecule has 0 aliphatic heterocycles. The Hall–Kier alpha value is -0.210. The van der Waals surface area contributed by atoms with Crippen molar-refractivity contribution in [2.75, 3.05) is 0 Å². The van der Waals surface area contributed by atoms with Crippen LogP contribution in [0.5, 0.6) is 0 Å². The van der Waals surface area contributed by atoms with Gasteiger partial charge >= 0.3 is 0 Å². The molecule has 0 aliphatic rings. The highest BCUT2D eigenvalue weighted by Crippen LogP contribution is 2.32. The summed E-state index contributed by atoms with van der Waals surface area (Å²) < 4.78 is 28.8. The first-order valence-corrected chi connectivity index (χ1v) is 10.1. The van der Waals surface area contributed by atoms with E-state index in [1.807, 2.05) is 38.3 Å². The quantitative estimate of drug-likeness (QED) is 0.808. The van der Waals surface area contributed by atoms with Crippen molar-refractivity contribution in [3.63, 3.8) is 0 Å². The van der Waals surface area contributed by atoms with E-state index in [9.17, 15) is 8.42 Å². The Morgan fingerprint density at radius 2 is 2.05 bits per heavy atom.